The number of aryl methyl sites for hydroxylation is 3. The second-order valence-corrected chi connectivity index (χ2v) is 9.76. The first-order chi connectivity index (χ1) is 18.9. The van der Waals surface area contributed by atoms with Gasteiger partial charge < -0.3 is 25.4 Å². The van der Waals surface area contributed by atoms with E-state index in [1.54, 1.807) is 17.3 Å². The van der Waals surface area contributed by atoms with Gasteiger partial charge in [0.05, 0.1) is 12.4 Å². The summed E-state index contributed by atoms with van der Waals surface area (Å²) in [6, 6.07) is 2.99. The number of hydrogen-bond acceptors (Lipinski definition) is 8. The first-order valence-corrected chi connectivity index (χ1v) is 14.0. The van der Waals surface area contributed by atoms with Crippen molar-refractivity contribution in [2.45, 2.75) is 65.3 Å². The van der Waals surface area contributed by atoms with Crippen LogP contribution in [0.2, 0.25) is 0 Å². The van der Waals surface area contributed by atoms with E-state index < -0.39 is 12.0 Å². The smallest absolute Gasteiger partial charge is 0.326 e. The lowest BCUT2D eigenvalue weighted by atomic mass is 10.1. The zero-order valence-corrected chi connectivity index (χ0v) is 23.5. The van der Waals surface area contributed by atoms with Crippen molar-refractivity contribution in [2.24, 2.45) is 0 Å². The SMILES string of the molecule is CCN(CC)C(=O)NC(CCN(CCCCc1ccc2c(n1)NCCC2)CCOc1cnc(C)nc1)C(=O)O. The molecular weight excluding hydrogens is 498 g/mol. The van der Waals surface area contributed by atoms with E-state index in [1.165, 1.54) is 5.56 Å². The predicted octanol–water partition coefficient (Wildman–Crippen LogP) is 3.14. The van der Waals surface area contributed by atoms with Crippen molar-refractivity contribution in [2.75, 3.05) is 51.2 Å². The molecule has 2 aromatic heterocycles. The molecular formula is C28H43N7O4. The zero-order chi connectivity index (χ0) is 28.0. The summed E-state index contributed by atoms with van der Waals surface area (Å²) < 4.78 is 5.82. The number of aromatic nitrogens is 3. The first-order valence-electron chi connectivity index (χ1n) is 14.0. The molecule has 0 saturated carbocycles. The Hall–Kier alpha value is -3.47. The number of carboxylic acid groups (broad SMARTS) is 1. The van der Waals surface area contributed by atoms with Crippen molar-refractivity contribution in [3.8, 4) is 5.75 Å². The maximum atomic E-state index is 12.4. The third-order valence-corrected chi connectivity index (χ3v) is 6.92. The highest BCUT2D eigenvalue weighted by Gasteiger charge is 2.23. The highest BCUT2D eigenvalue weighted by atomic mass is 16.5. The quantitative estimate of drug-likeness (QED) is 0.274. The molecule has 214 valence electrons. The number of aliphatic carboxylic acids is 1. The van der Waals surface area contributed by atoms with Crippen molar-refractivity contribution in [1.82, 2.24) is 30.1 Å². The van der Waals surface area contributed by atoms with E-state index in [2.05, 4.69) is 37.6 Å². The Kier molecular flexibility index (Phi) is 12.2. The molecule has 3 N–H and O–H groups in total. The molecule has 0 radical (unpaired) electrons. The zero-order valence-electron chi connectivity index (χ0n) is 23.5. The number of unbranched alkanes of at least 4 members (excludes halogenated alkanes) is 1. The van der Waals surface area contributed by atoms with Gasteiger partial charge >= 0.3 is 12.0 Å². The molecule has 39 heavy (non-hydrogen) atoms. The average molecular weight is 542 g/mol. The molecule has 1 aliphatic heterocycles. The summed E-state index contributed by atoms with van der Waals surface area (Å²) >= 11 is 0. The molecule has 3 rings (SSSR count). The van der Waals surface area contributed by atoms with E-state index in [9.17, 15) is 14.7 Å². The maximum absolute atomic E-state index is 12.4. The van der Waals surface area contributed by atoms with E-state index in [4.69, 9.17) is 9.72 Å². The molecule has 1 aliphatic rings. The number of carbonyl (C=O) groups excluding carboxylic acids is 1. The summed E-state index contributed by atoms with van der Waals surface area (Å²) in [5.74, 6) is 1.27. The summed E-state index contributed by atoms with van der Waals surface area (Å²) in [4.78, 5) is 41.2. The Morgan fingerprint density at radius 3 is 2.62 bits per heavy atom. The second kappa shape index (κ2) is 15.8. The Morgan fingerprint density at radius 1 is 1.13 bits per heavy atom. The highest BCUT2D eigenvalue weighted by molar-refractivity contribution is 5.82. The second-order valence-electron chi connectivity index (χ2n) is 9.76. The van der Waals surface area contributed by atoms with Crippen molar-refractivity contribution >= 4 is 17.8 Å². The van der Waals surface area contributed by atoms with Gasteiger partial charge in [-0.3, -0.25) is 4.90 Å². The van der Waals surface area contributed by atoms with Crippen LogP contribution in [0.4, 0.5) is 10.6 Å². The molecule has 0 aromatic carbocycles. The van der Waals surface area contributed by atoms with Crippen LogP contribution in [0.15, 0.2) is 24.5 Å². The van der Waals surface area contributed by atoms with E-state index in [-0.39, 0.29) is 6.03 Å². The number of amides is 2. The first kappa shape index (κ1) is 30.1. The highest BCUT2D eigenvalue weighted by Crippen LogP contribution is 2.20. The minimum absolute atomic E-state index is 0.300. The minimum Gasteiger partial charge on any atom is -0.489 e. The molecule has 1 atom stereocenters. The van der Waals surface area contributed by atoms with Gasteiger partial charge in [0, 0.05) is 38.4 Å². The van der Waals surface area contributed by atoms with E-state index in [0.717, 1.165) is 56.7 Å². The van der Waals surface area contributed by atoms with Crippen LogP contribution in [0.1, 0.15) is 56.6 Å². The molecule has 2 aromatic rings. The van der Waals surface area contributed by atoms with Crippen molar-refractivity contribution in [3.63, 3.8) is 0 Å². The summed E-state index contributed by atoms with van der Waals surface area (Å²) in [7, 11) is 0. The van der Waals surface area contributed by atoms with Gasteiger partial charge in [-0.25, -0.2) is 24.5 Å². The predicted molar refractivity (Wildman–Crippen MR) is 150 cm³/mol. The van der Waals surface area contributed by atoms with Crippen LogP contribution in [0.5, 0.6) is 5.75 Å². The lowest BCUT2D eigenvalue weighted by molar-refractivity contribution is -0.139. The number of hydrogen-bond donors (Lipinski definition) is 3. The number of carboxylic acids is 1. The number of carbonyl (C=O) groups is 2. The Balaban J connectivity index is 1.53. The number of fused-ring (bicyclic) bond motifs is 1. The average Bonchev–Trinajstić information content (AvgIpc) is 2.94. The van der Waals surface area contributed by atoms with Gasteiger partial charge in [0.1, 0.15) is 24.3 Å². The third kappa shape index (κ3) is 9.97. The van der Waals surface area contributed by atoms with Crippen LogP contribution < -0.4 is 15.4 Å². The molecule has 0 aliphatic carbocycles. The Bertz CT molecular complexity index is 1050. The van der Waals surface area contributed by atoms with Crippen LogP contribution in [0.25, 0.3) is 0 Å². The lowest BCUT2D eigenvalue weighted by Crippen LogP contribution is -2.49. The molecule has 0 spiro atoms. The molecule has 0 bridgehead atoms. The van der Waals surface area contributed by atoms with Crippen LogP contribution in [-0.2, 0) is 17.6 Å². The number of nitrogens with zero attached hydrogens (tertiary/aromatic N) is 5. The number of anilines is 1. The fourth-order valence-electron chi connectivity index (χ4n) is 4.55. The standard InChI is InChI=1S/C28H43N7O4/c1-4-35(5-2)28(38)33-25(27(36)37)13-16-34(17-18-39-24-19-30-21(3)31-20-24)15-7-6-10-23-12-11-22-9-8-14-29-26(22)32-23/h11-12,19-20,25H,4-10,13-18H2,1-3H3,(H,29,32)(H,33,38)(H,36,37). The van der Waals surface area contributed by atoms with Crippen LogP contribution in [0.3, 0.4) is 0 Å². The van der Waals surface area contributed by atoms with Crippen molar-refractivity contribution in [1.29, 1.82) is 0 Å². The van der Waals surface area contributed by atoms with E-state index in [0.29, 0.717) is 50.8 Å². The largest absolute Gasteiger partial charge is 0.489 e. The van der Waals surface area contributed by atoms with Gasteiger partial charge in [-0.05, 0) is 77.5 Å². The van der Waals surface area contributed by atoms with Gasteiger partial charge in [0.25, 0.3) is 0 Å². The normalized spacial score (nSPS) is 13.3. The Morgan fingerprint density at radius 2 is 1.90 bits per heavy atom. The van der Waals surface area contributed by atoms with E-state index >= 15 is 0 Å². The molecule has 1 unspecified atom stereocenters. The fraction of sp³-hybridized carbons (Fsp3) is 0.607. The summed E-state index contributed by atoms with van der Waals surface area (Å²) in [5, 5.41) is 15.8. The third-order valence-electron chi connectivity index (χ3n) is 6.92. The number of ether oxygens (including phenoxy) is 1. The van der Waals surface area contributed by atoms with Gasteiger partial charge in [0.15, 0.2) is 5.75 Å². The van der Waals surface area contributed by atoms with Crippen LogP contribution in [-0.4, -0.2) is 93.8 Å². The van der Waals surface area contributed by atoms with Crippen LogP contribution in [0, 0.1) is 6.92 Å². The van der Waals surface area contributed by atoms with Gasteiger partial charge in [-0.1, -0.05) is 6.07 Å². The topological polar surface area (TPSA) is 133 Å². The van der Waals surface area contributed by atoms with Crippen molar-refractivity contribution < 1.29 is 19.4 Å². The molecule has 11 heteroatoms. The number of nitrogens with one attached hydrogen (secondary N) is 2. The molecule has 11 nitrogen and oxygen atoms in total. The molecule has 0 fully saturated rings. The van der Waals surface area contributed by atoms with Crippen molar-refractivity contribution in [3.05, 3.63) is 41.6 Å². The monoisotopic (exact) mass is 541 g/mol. The fourth-order valence-corrected chi connectivity index (χ4v) is 4.55. The maximum Gasteiger partial charge on any atom is 0.326 e. The number of rotatable bonds is 16. The summed E-state index contributed by atoms with van der Waals surface area (Å²) in [6.07, 6.45) is 8.61. The van der Waals surface area contributed by atoms with E-state index in [1.807, 2.05) is 20.8 Å². The van der Waals surface area contributed by atoms with Crippen LogP contribution >= 0.6 is 0 Å². The molecule has 2 amide bonds. The summed E-state index contributed by atoms with van der Waals surface area (Å²) in [5.41, 5.74) is 2.37. The van der Waals surface area contributed by atoms with Gasteiger partial charge in [-0.15, -0.1) is 0 Å². The summed E-state index contributed by atoms with van der Waals surface area (Å²) in [6.45, 7) is 9.93. The van der Waals surface area contributed by atoms with Gasteiger partial charge in [-0.2, -0.15) is 0 Å². The lowest BCUT2D eigenvalue weighted by Gasteiger charge is -2.26. The minimum atomic E-state index is -1.03. The number of pyridine rings is 1. The van der Waals surface area contributed by atoms with Gasteiger partial charge in [0.2, 0.25) is 0 Å². The molecule has 3 heterocycles. The Labute approximate surface area is 231 Å². The molecule has 0 saturated heterocycles. The number of urea groups is 1.